The second-order valence-corrected chi connectivity index (χ2v) is 6.18. The largest absolute Gasteiger partial charge is 0.496 e. The van der Waals surface area contributed by atoms with E-state index in [1.54, 1.807) is 13.3 Å². The molecule has 0 heterocycles. The highest BCUT2D eigenvalue weighted by molar-refractivity contribution is 7.80. The highest BCUT2D eigenvalue weighted by Gasteiger charge is 2.05. The van der Waals surface area contributed by atoms with Crippen molar-refractivity contribution < 1.29 is 9.47 Å². The number of nitrogens with one attached hydrogen (secondary N) is 2. The monoisotopic (exact) mass is 357 g/mol. The van der Waals surface area contributed by atoms with Crippen molar-refractivity contribution in [3.63, 3.8) is 0 Å². The summed E-state index contributed by atoms with van der Waals surface area (Å²) in [6, 6.07) is 15.3. The van der Waals surface area contributed by atoms with Gasteiger partial charge in [-0.15, -0.1) is 0 Å². The first-order chi connectivity index (χ1) is 12.1. The van der Waals surface area contributed by atoms with Crippen LogP contribution < -0.4 is 20.2 Å². The third-order valence-corrected chi connectivity index (χ3v) is 3.41. The van der Waals surface area contributed by atoms with Crippen LogP contribution in [0.25, 0.3) is 0 Å². The predicted molar refractivity (Wildman–Crippen MR) is 107 cm³/mol. The minimum Gasteiger partial charge on any atom is -0.496 e. The molecular formula is C19H23N3O2S. The molecule has 132 valence electrons. The Kier molecular flexibility index (Phi) is 7.22. The van der Waals surface area contributed by atoms with Crippen molar-refractivity contribution in [3.05, 3.63) is 54.1 Å². The number of hydrazone groups is 1. The van der Waals surface area contributed by atoms with Crippen molar-refractivity contribution in [2.24, 2.45) is 11.0 Å². The van der Waals surface area contributed by atoms with E-state index in [2.05, 4.69) is 29.7 Å². The fourth-order valence-electron chi connectivity index (χ4n) is 2.04. The van der Waals surface area contributed by atoms with E-state index in [9.17, 15) is 0 Å². The Bertz CT molecular complexity index is 732. The van der Waals surface area contributed by atoms with Gasteiger partial charge in [-0.25, -0.2) is 0 Å². The van der Waals surface area contributed by atoms with Gasteiger partial charge in [0.2, 0.25) is 0 Å². The Morgan fingerprint density at radius 2 is 1.80 bits per heavy atom. The number of nitrogens with zero attached hydrogens (tertiary/aromatic N) is 1. The number of para-hydroxylation sites is 3. The quantitative estimate of drug-likeness (QED) is 0.445. The molecule has 0 saturated heterocycles. The van der Waals surface area contributed by atoms with Crippen molar-refractivity contribution in [3.8, 4) is 11.5 Å². The molecule has 0 bridgehead atoms. The smallest absolute Gasteiger partial charge is 0.191 e. The van der Waals surface area contributed by atoms with Crippen LogP contribution in [-0.2, 0) is 0 Å². The molecule has 6 heteroatoms. The summed E-state index contributed by atoms with van der Waals surface area (Å²) in [7, 11) is 1.63. The van der Waals surface area contributed by atoms with Gasteiger partial charge in [0.25, 0.3) is 0 Å². The molecule has 0 aromatic heterocycles. The molecule has 2 N–H and O–H groups in total. The van der Waals surface area contributed by atoms with Gasteiger partial charge >= 0.3 is 0 Å². The molecule has 0 fully saturated rings. The number of thiocarbonyl (C=S) groups is 1. The zero-order valence-corrected chi connectivity index (χ0v) is 15.5. The summed E-state index contributed by atoms with van der Waals surface area (Å²) in [5, 5.41) is 7.63. The molecule has 0 aliphatic rings. The van der Waals surface area contributed by atoms with Gasteiger partial charge in [-0.3, -0.25) is 5.43 Å². The first-order valence-electron chi connectivity index (χ1n) is 8.05. The van der Waals surface area contributed by atoms with E-state index >= 15 is 0 Å². The Morgan fingerprint density at radius 1 is 1.12 bits per heavy atom. The Balaban J connectivity index is 1.95. The number of hydrogen-bond donors (Lipinski definition) is 2. The van der Waals surface area contributed by atoms with E-state index in [0.717, 1.165) is 22.7 Å². The van der Waals surface area contributed by atoms with E-state index in [4.69, 9.17) is 21.7 Å². The second kappa shape index (κ2) is 9.64. The van der Waals surface area contributed by atoms with Crippen molar-refractivity contribution >= 4 is 29.2 Å². The van der Waals surface area contributed by atoms with Gasteiger partial charge in [-0.1, -0.05) is 38.1 Å². The van der Waals surface area contributed by atoms with Gasteiger partial charge in [0.1, 0.15) is 11.5 Å². The lowest BCUT2D eigenvalue weighted by atomic mass is 10.2. The van der Waals surface area contributed by atoms with E-state index in [0.29, 0.717) is 17.6 Å². The lowest BCUT2D eigenvalue weighted by molar-refractivity contribution is 0.272. The summed E-state index contributed by atoms with van der Waals surface area (Å²) < 4.78 is 11.1. The summed E-state index contributed by atoms with van der Waals surface area (Å²) >= 11 is 5.29. The number of methoxy groups -OCH3 is 1. The molecule has 25 heavy (non-hydrogen) atoms. The molecule has 2 rings (SSSR count). The molecule has 0 spiro atoms. The first kappa shape index (κ1) is 18.7. The van der Waals surface area contributed by atoms with Crippen LogP contribution in [0.4, 0.5) is 5.69 Å². The third-order valence-electron chi connectivity index (χ3n) is 3.22. The maximum absolute atomic E-state index is 5.80. The standard InChI is InChI=1S/C19H23N3O2S/c1-14(2)13-24-18-11-7-5-9-16(18)21-19(25)22-20-12-15-8-4-6-10-17(15)23-3/h4-12,14H,13H2,1-3H3,(H2,21,22,25)/b20-12+. The average Bonchev–Trinajstić information content (AvgIpc) is 2.61. The van der Waals surface area contributed by atoms with E-state index in [1.807, 2.05) is 48.5 Å². The van der Waals surface area contributed by atoms with E-state index in [-0.39, 0.29) is 0 Å². The van der Waals surface area contributed by atoms with Crippen LogP contribution in [0.1, 0.15) is 19.4 Å². The van der Waals surface area contributed by atoms with E-state index in [1.165, 1.54) is 0 Å². The maximum Gasteiger partial charge on any atom is 0.191 e. The number of ether oxygens (including phenoxy) is 2. The molecule has 0 radical (unpaired) electrons. The SMILES string of the molecule is COc1ccccc1/C=N/NC(=S)Nc1ccccc1OCC(C)C. The van der Waals surface area contributed by atoms with Crippen molar-refractivity contribution in [2.45, 2.75) is 13.8 Å². The fourth-order valence-corrected chi connectivity index (χ4v) is 2.20. The van der Waals surface area contributed by atoms with Crippen LogP contribution >= 0.6 is 12.2 Å². The van der Waals surface area contributed by atoms with Crippen LogP contribution in [0.3, 0.4) is 0 Å². The molecule has 0 saturated carbocycles. The van der Waals surface area contributed by atoms with Gasteiger partial charge < -0.3 is 14.8 Å². The number of anilines is 1. The summed E-state index contributed by atoms with van der Waals surface area (Å²) in [5.41, 5.74) is 4.46. The van der Waals surface area contributed by atoms with Crippen molar-refractivity contribution in [1.82, 2.24) is 5.43 Å². The van der Waals surface area contributed by atoms with Crippen molar-refractivity contribution in [2.75, 3.05) is 19.0 Å². The number of hydrogen-bond acceptors (Lipinski definition) is 4. The normalized spacial score (nSPS) is 10.7. The summed E-state index contributed by atoms with van der Waals surface area (Å²) in [4.78, 5) is 0. The predicted octanol–water partition coefficient (Wildman–Crippen LogP) is 4.05. The van der Waals surface area contributed by atoms with Crippen LogP contribution in [0.15, 0.2) is 53.6 Å². The Labute approximate surface area is 154 Å². The highest BCUT2D eigenvalue weighted by atomic mass is 32.1. The first-order valence-corrected chi connectivity index (χ1v) is 8.46. The van der Waals surface area contributed by atoms with E-state index < -0.39 is 0 Å². The topological polar surface area (TPSA) is 54.9 Å². The highest BCUT2D eigenvalue weighted by Crippen LogP contribution is 2.24. The molecule has 0 atom stereocenters. The minimum absolute atomic E-state index is 0.381. The van der Waals surface area contributed by atoms with Crippen LogP contribution in [0.2, 0.25) is 0 Å². The number of benzene rings is 2. The average molecular weight is 357 g/mol. The Morgan fingerprint density at radius 3 is 2.52 bits per heavy atom. The zero-order valence-electron chi connectivity index (χ0n) is 14.7. The zero-order chi connectivity index (χ0) is 18.1. The molecule has 2 aromatic carbocycles. The molecule has 0 amide bonds. The molecule has 5 nitrogen and oxygen atoms in total. The molecule has 2 aromatic rings. The maximum atomic E-state index is 5.80. The Hall–Kier alpha value is -2.60. The third kappa shape index (κ3) is 6.08. The van der Waals surface area contributed by atoms with Gasteiger partial charge in [0, 0.05) is 5.56 Å². The second-order valence-electron chi connectivity index (χ2n) is 5.77. The molecule has 0 unspecified atom stereocenters. The summed E-state index contributed by atoms with van der Waals surface area (Å²) in [6.45, 7) is 4.86. The molecule has 0 aliphatic carbocycles. The lowest BCUT2D eigenvalue weighted by Crippen LogP contribution is -2.24. The lowest BCUT2D eigenvalue weighted by Gasteiger charge is -2.14. The van der Waals surface area contributed by atoms with Gasteiger partial charge in [-0.05, 0) is 42.4 Å². The number of rotatable bonds is 7. The van der Waals surface area contributed by atoms with Crippen LogP contribution in [0, 0.1) is 5.92 Å². The van der Waals surface area contributed by atoms with Crippen LogP contribution in [-0.4, -0.2) is 25.0 Å². The fraction of sp³-hybridized carbons (Fsp3) is 0.263. The van der Waals surface area contributed by atoms with Gasteiger partial charge in [0.15, 0.2) is 5.11 Å². The molecular weight excluding hydrogens is 334 g/mol. The summed E-state index contributed by atoms with van der Waals surface area (Å²) in [6.07, 6.45) is 1.66. The van der Waals surface area contributed by atoms with Crippen molar-refractivity contribution in [1.29, 1.82) is 0 Å². The van der Waals surface area contributed by atoms with Crippen LogP contribution in [0.5, 0.6) is 11.5 Å². The summed E-state index contributed by atoms with van der Waals surface area (Å²) in [5.74, 6) is 1.96. The van der Waals surface area contributed by atoms with Gasteiger partial charge in [0.05, 0.1) is 25.6 Å². The van der Waals surface area contributed by atoms with Gasteiger partial charge in [-0.2, -0.15) is 5.10 Å². The minimum atomic E-state index is 0.381. The molecule has 0 aliphatic heterocycles.